The van der Waals surface area contributed by atoms with Crippen LogP contribution >= 0.6 is 0 Å². The van der Waals surface area contributed by atoms with Gasteiger partial charge >= 0.3 is 0 Å². The number of hydrogen-bond acceptors (Lipinski definition) is 5. The van der Waals surface area contributed by atoms with Crippen molar-refractivity contribution in [2.45, 2.75) is 39.5 Å². The van der Waals surface area contributed by atoms with Gasteiger partial charge in [0.15, 0.2) is 5.76 Å². The van der Waals surface area contributed by atoms with Gasteiger partial charge in [-0.15, -0.1) is 0 Å². The zero-order valence-corrected chi connectivity index (χ0v) is 13.0. The highest BCUT2D eigenvalue weighted by Gasteiger charge is 2.11. The van der Waals surface area contributed by atoms with Gasteiger partial charge in [-0.1, -0.05) is 11.2 Å². The topological polar surface area (TPSA) is 56.5 Å². The molecule has 5 nitrogen and oxygen atoms in total. The van der Waals surface area contributed by atoms with Crippen LogP contribution in [0, 0.1) is 0 Å². The summed E-state index contributed by atoms with van der Waals surface area (Å²) in [5, 5.41) is 7.38. The van der Waals surface area contributed by atoms with E-state index in [1.165, 1.54) is 0 Å². The molecule has 0 saturated heterocycles. The van der Waals surface area contributed by atoms with E-state index < -0.39 is 0 Å². The lowest BCUT2D eigenvalue weighted by atomic mass is 10.1. The van der Waals surface area contributed by atoms with Gasteiger partial charge in [0.1, 0.15) is 18.1 Å². The summed E-state index contributed by atoms with van der Waals surface area (Å²) in [7, 11) is 1.63. The molecule has 1 aromatic carbocycles. The highest BCUT2D eigenvalue weighted by molar-refractivity contribution is 5.32. The van der Waals surface area contributed by atoms with Gasteiger partial charge in [0.2, 0.25) is 0 Å². The zero-order chi connectivity index (χ0) is 15.3. The molecule has 0 aliphatic rings. The third-order valence-corrected chi connectivity index (χ3v) is 2.83. The molecule has 114 valence electrons. The molecule has 1 aromatic heterocycles. The van der Waals surface area contributed by atoms with Crippen molar-refractivity contribution in [3.8, 4) is 11.5 Å². The van der Waals surface area contributed by atoms with Crippen molar-refractivity contribution in [2.75, 3.05) is 7.11 Å². The second-order valence-electron chi connectivity index (χ2n) is 5.86. The van der Waals surface area contributed by atoms with E-state index in [-0.39, 0.29) is 5.54 Å². The lowest BCUT2D eigenvalue weighted by molar-refractivity contribution is 0.247. The fourth-order valence-electron chi connectivity index (χ4n) is 1.71. The molecule has 0 radical (unpaired) electrons. The van der Waals surface area contributed by atoms with Crippen molar-refractivity contribution in [3.05, 3.63) is 41.8 Å². The molecule has 0 aliphatic carbocycles. The van der Waals surface area contributed by atoms with E-state index in [4.69, 9.17) is 14.0 Å². The second kappa shape index (κ2) is 6.63. The van der Waals surface area contributed by atoms with E-state index >= 15 is 0 Å². The summed E-state index contributed by atoms with van der Waals surface area (Å²) in [4.78, 5) is 0. The SMILES string of the molecule is COc1cccc(OCc2cc(CNC(C)(C)C)no2)c1. The Morgan fingerprint density at radius 2 is 1.95 bits per heavy atom. The summed E-state index contributed by atoms with van der Waals surface area (Å²) < 4.78 is 16.1. The average Bonchev–Trinajstić information content (AvgIpc) is 2.90. The predicted octanol–water partition coefficient (Wildman–Crippen LogP) is 3.15. The lowest BCUT2D eigenvalue weighted by Gasteiger charge is -2.19. The normalized spacial score (nSPS) is 11.4. The Morgan fingerprint density at radius 1 is 1.19 bits per heavy atom. The minimum atomic E-state index is 0.0518. The van der Waals surface area contributed by atoms with Crippen molar-refractivity contribution in [1.82, 2.24) is 10.5 Å². The van der Waals surface area contributed by atoms with Gasteiger partial charge in [-0.2, -0.15) is 0 Å². The highest BCUT2D eigenvalue weighted by Crippen LogP contribution is 2.20. The molecule has 0 fully saturated rings. The summed E-state index contributed by atoms with van der Waals surface area (Å²) >= 11 is 0. The first kappa shape index (κ1) is 15.4. The van der Waals surface area contributed by atoms with Crippen LogP contribution in [0.25, 0.3) is 0 Å². The van der Waals surface area contributed by atoms with E-state index in [1.807, 2.05) is 30.3 Å². The van der Waals surface area contributed by atoms with Gasteiger partial charge < -0.3 is 19.3 Å². The van der Waals surface area contributed by atoms with Crippen molar-refractivity contribution >= 4 is 0 Å². The molecule has 2 aromatic rings. The third-order valence-electron chi connectivity index (χ3n) is 2.83. The maximum atomic E-state index is 5.66. The Balaban J connectivity index is 1.87. The first-order valence-corrected chi connectivity index (χ1v) is 6.92. The van der Waals surface area contributed by atoms with Crippen LogP contribution in [0.5, 0.6) is 11.5 Å². The van der Waals surface area contributed by atoms with Crippen LogP contribution in [-0.2, 0) is 13.2 Å². The Labute approximate surface area is 125 Å². The summed E-state index contributed by atoms with van der Waals surface area (Å²) in [5.41, 5.74) is 0.921. The van der Waals surface area contributed by atoms with Gasteiger partial charge in [-0.3, -0.25) is 0 Å². The molecule has 5 heteroatoms. The van der Waals surface area contributed by atoms with E-state index in [2.05, 4.69) is 31.2 Å². The highest BCUT2D eigenvalue weighted by atomic mass is 16.5. The molecule has 0 spiro atoms. The second-order valence-corrected chi connectivity index (χ2v) is 5.86. The molecule has 0 atom stereocenters. The first-order chi connectivity index (χ1) is 9.96. The van der Waals surface area contributed by atoms with Crippen molar-refractivity contribution in [1.29, 1.82) is 0 Å². The average molecular weight is 290 g/mol. The Morgan fingerprint density at radius 3 is 2.67 bits per heavy atom. The van der Waals surface area contributed by atoms with Crippen molar-refractivity contribution in [2.24, 2.45) is 0 Å². The number of benzene rings is 1. The molecular formula is C16H22N2O3. The van der Waals surface area contributed by atoms with Crippen LogP contribution in [0.3, 0.4) is 0 Å². The van der Waals surface area contributed by atoms with Gasteiger partial charge in [0, 0.05) is 24.2 Å². The molecule has 0 bridgehead atoms. The van der Waals surface area contributed by atoms with Crippen LogP contribution in [0.4, 0.5) is 0 Å². The maximum absolute atomic E-state index is 5.66. The predicted molar refractivity (Wildman–Crippen MR) is 80.4 cm³/mol. The fraction of sp³-hybridized carbons (Fsp3) is 0.438. The standard InChI is InChI=1S/C16H22N2O3/c1-16(2,3)17-10-12-8-15(21-18-12)11-20-14-7-5-6-13(9-14)19-4/h5-9,17H,10-11H2,1-4H3. The van der Waals surface area contributed by atoms with Crippen LogP contribution in [-0.4, -0.2) is 17.8 Å². The van der Waals surface area contributed by atoms with E-state index in [0.29, 0.717) is 18.9 Å². The van der Waals surface area contributed by atoms with Gasteiger partial charge in [-0.25, -0.2) is 0 Å². The fourth-order valence-corrected chi connectivity index (χ4v) is 1.71. The monoisotopic (exact) mass is 290 g/mol. The zero-order valence-electron chi connectivity index (χ0n) is 13.0. The quantitative estimate of drug-likeness (QED) is 0.885. The smallest absolute Gasteiger partial charge is 0.174 e. The van der Waals surface area contributed by atoms with Gasteiger partial charge in [0.05, 0.1) is 12.8 Å². The number of nitrogens with zero attached hydrogens (tertiary/aromatic N) is 1. The molecular weight excluding hydrogens is 268 g/mol. The first-order valence-electron chi connectivity index (χ1n) is 6.92. The summed E-state index contributed by atoms with van der Waals surface area (Å²) in [5.74, 6) is 2.20. The molecule has 0 saturated carbocycles. The van der Waals surface area contributed by atoms with Crippen LogP contribution < -0.4 is 14.8 Å². The van der Waals surface area contributed by atoms with E-state index in [1.54, 1.807) is 7.11 Å². The summed E-state index contributed by atoms with van der Waals surface area (Å²) in [6, 6.07) is 9.36. The van der Waals surface area contributed by atoms with Crippen LogP contribution in [0.15, 0.2) is 34.9 Å². The number of rotatable bonds is 6. The molecule has 21 heavy (non-hydrogen) atoms. The van der Waals surface area contributed by atoms with E-state index in [9.17, 15) is 0 Å². The number of aromatic nitrogens is 1. The number of hydrogen-bond donors (Lipinski definition) is 1. The minimum absolute atomic E-state index is 0.0518. The van der Waals surface area contributed by atoms with E-state index in [0.717, 1.165) is 17.2 Å². The molecule has 0 amide bonds. The molecule has 2 rings (SSSR count). The Hall–Kier alpha value is -2.01. The molecule has 1 heterocycles. The maximum Gasteiger partial charge on any atom is 0.174 e. The number of nitrogens with one attached hydrogen (secondary N) is 1. The minimum Gasteiger partial charge on any atom is -0.497 e. The van der Waals surface area contributed by atoms with Gasteiger partial charge in [0.25, 0.3) is 0 Å². The summed E-state index contributed by atoms with van der Waals surface area (Å²) in [6.45, 7) is 7.35. The number of ether oxygens (including phenoxy) is 2. The van der Waals surface area contributed by atoms with Crippen molar-refractivity contribution in [3.63, 3.8) is 0 Å². The molecule has 0 unspecified atom stereocenters. The Kier molecular flexibility index (Phi) is 4.85. The van der Waals surface area contributed by atoms with Crippen molar-refractivity contribution < 1.29 is 14.0 Å². The molecule has 1 N–H and O–H groups in total. The molecule has 0 aliphatic heterocycles. The largest absolute Gasteiger partial charge is 0.497 e. The Bertz CT molecular complexity index is 573. The summed E-state index contributed by atoms with van der Waals surface area (Å²) in [6.07, 6.45) is 0. The van der Waals surface area contributed by atoms with Gasteiger partial charge in [-0.05, 0) is 32.9 Å². The number of methoxy groups -OCH3 is 1. The van der Waals surface area contributed by atoms with Crippen LogP contribution in [0.2, 0.25) is 0 Å². The third kappa shape index (κ3) is 5.11. The lowest BCUT2D eigenvalue weighted by Crippen LogP contribution is -2.35. The van der Waals surface area contributed by atoms with Crippen LogP contribution in [0.1, 0.15) is 32.2 Å².